The Bertz CT molecular complexity index is 1080. The molecule has 0 aromatic carbocycles. The molecule has 1 aliphatic heterocycles. The monoisotopic (exact) mass is 395 g/mol. The van der Waals surface area contributed by atoms with E-state index in [0.717, 1.165) is 41.3 Å². The summed E-state index contributed by atoms with van der Waals surface area (Å²) >= 11 is 1.65. The zero-order chi connectivity index (χ0) is 19.1. The third-order valence-corrected chi connectivity index (χ3v) is 6.29. The minimum Gasteiger partial charge on any atom is -0.350 e. The molecule has 0 bridgehead atoms. The van der Waals surface area contributed by atoms with Crippen molar-refractivity contribution in [2.45, 2.75) is 25.3 Å². The quantitative estimate of drug-likeness (QED) is 0.576. The number of aromatic amines is 1. The van der Waals surface area contributed by atoms with Crippen LogP contribution in [0.4, 0.5) is 0 Å². The van der Waals surface area contributed by atoms with E-state index in [1.807, 2.05) is 40.2 Å². The van der Waals surface area contributed by atoms with Crippen LogP contribution in [0.25, 0.3) is 10.2 Å². The minimum atomic E-state index is 0.0638. The number of hydrogen-bond donors (Lipinski definition) is 1. The number of aromatic nitrogens is 6. The van der Waals surface area contributed by atoms with Gasteiger partial charge in [0, 0.05) is 38.4 Å². The topological polar surface area (TPSA) is 84.6 Å². The molecule has 1 amide bonds. The summed E-state index contributed by atoms with van der Waals surface area (Å²) in [6.45, 7) is 2.09. The molecule has 0 aliphatic carbocycles. The van der Waals surface area contributed by atoms with E-state index in [4.69, 9.17) is 0 Å². The van der Waals surface area contributed by atoms with Crippen molar-refractivity contribution >= 4 is 27.5 Å². The Kier molecular flexibility index (Phi) is 4.23. The number of nitrogens with one attached hydrogen (secondary N) is 1. The molecule has 4 aromatic rings. The fraction of sp³-hybridized carbons (Fsp3) is 0.368. The molecule has 5 rings (SSSR count). The third-order valence-electron chi connectivity index (χ3n) is 5.43. The minimum absolute atomic E-state index is 0.0638. The SMILES string of the molecule is Cn1c(Cn2ccnc2)nnc1[C@H]1CCCN(C(=O)c2cc3sccc3[nH]2)C1. The Hall–Kier alpha value is -2.94. The largest absolute Gasteiger partial charge is 0.350 e. The van der Waals surface area contributed by atoms with E-state index in [2.05, 4.69) is 24.7 Å². The number of carbonyl (C=O) groups is 1. The summed E-state index contributed by atoms with van der Waals surface area (Å²) in [5.41, 5.74) is 1.70. The first-order chi connectivity index (χ1) is 13.7. The molecule has 0 saturated carbocycles. The molecule has 144 valence electrons. The van der Waals surface area contributed by atoms with Gasteiger partial charge in [-0.05, 0) is 30.4 Å². The summed E-state index contributed by atoms with van der Waals surface area (Å²) in [6.07, 6.45) is 7.43. The summed E-state index contributed by atoms with van der Waals surface area (Å²) < 4.78 is 5.15. The van der Waals surface area contributed by atoms with E-state index >= 15 is 0 Å². The summed E-state index contributed by atoms with van der Waals surface area (Å²) in [7, 11) is 2.00. The van der Waals surface area contributed by atoms with Crippen LogP contribution in [0, 0.1) is 0 Å². The molecule has 5 heterocycles. The van der Waals surface area contributed by atoms with Crippen molar-refractivity contribution in [3.8, 4) is 0 Å². The van der Waals surface area contributed by atoms with Gasteiger partial charge in [-0.1, -0.05) is 0 Å². The van der Waals surface area contributed by atoms with Crippen molar-refractivity contribution in [2.24, 2.45) is 7.05 Å². The molecule has 9 heteroatoms. The van der Waals surface area contributed by atoms with E-state index in [1.165, 1.54) is 0 Å². The van der Waals surface area contributed by atoms with Gasteiger partial charge >= 0.3 is 0 Å². The number of H-pyrrole nitrogens is 1. The first-order valence-electron chi connectivity index (χ1n) is 9.38. The molecule has 0 unspecified atom stereocenters. The van der Waals surface area contributed by atoms with Crippen LogP contribution in [0.15, 0.2) is 36.2 Å². The molecule has 8 nitrogen and oxygen atoms in total. The molecule has 28 heavy (non-hydrogen) atoms. The number of likely N-dealkylation sites (tertiary alicyclic amines) is 1. The summed E-state index contributed by atoms with van der Waals surface area (Å²) in [6, 6.07) is 3.97. The van der Waals surface area contributed by atoms with E-state index < -0.39 is 0 Å². The lowest BCUT2D eigenvalue weighted by Gasteiger charge is -2.32. The zero-order valence-corrected chi connectivity index (χ0v) is 16.4. The van der Waals surface area contributed by atoms with Crippen molar-refractivity contribution in [2.75, 3.05) is 13.1 Å². The lowest BCUT2D eigenvalue weighted by molar-refractivity contribution is 0.0698. The van der Waals surface area contributed by atoms with Gasteiger partial charge in [0.1, 0.15) is 11.5 Å². The summed E-state index contributed by atoms with van der Waals surface area (Å²) in [5.74, 6) is 2.10. The van der Waals surface area contributed by atoms with Gasteiger partial charge in [-0.25, -0.2) is 4.98 Å². The molecule has 0 radical (unpaired) electrons. The molecule has 4 aromatic heterocycles. The number of nitrogens with zero attached hydrogens (tertiary/aromatic N) is 6. The Morgan fingerprint density at radius 1 is 1.39 bits per heavy atom. The number of carbonyl (C=O) groups excluding carboxylic acids is 1. The van der Waals surface area contributed by atoms with Gasteiger partial charge in [0.25, 0.3) is 5.91 Å². The highest BCUT2D eigenvalue weighted by atomic mass is 32.1. The Balaban J connectivity index is 1.33. The maximum absolute atomic E-state index is 13.0. The van der Waals surface area contributed by atoms with Gasteiger partial charge < -0.3 is 19.0 Å². The zero-order valence-electron chi connectivity index (χ0n) is 15.6. The average Bonchev–Trinajstić information content (AvgIpc) is 3.47. The van der Waals surface area contributed by atoms with Gasteiger partial charge in [0.2, 0.25) is 0 Å². The molecule has 1 saturated heterocycles. The average molecular weight is 395 g/mol. The van der Waals surface area contributed by atoms with Crippen molar-refractivity contribution in [3.63, 3.8) is 0 Å². The Morgan fingerprint density at radius 3 is 3.14 bits per heavy atom. The molecular weight excluding hydrogens is 374 g/mol. The van der Waals surface area contributed by atoms with Crippen molar-refractivity contribution in [3.05, 3.63) is 53.6 Å². The molecule has 0 spiro atoms. The van der Waals surface area contributed by atoms with Crippen molar-refractivity contribution < 1.29 is 4.79 Å². The fourth-order valence-corrected chi connectivity index (χ4v) is 4.70. The molecular formula is C19H21N7OS. The Morgan fingerprint density at radius 2 is 2.32 bits per heavy atom. The van der Waals surface area contributed by atoms with Gasteiger partial charge in [-0.2, -0.15) is 0 Å². The maximum atomic E-state index is 13.0. The number of hydrogen-bond acceptors (Lipinski definition) is 5. The Labute approximate surface area is 165 Å². The van der Waals surface area contributed by atoms with Crippen LogP contribution in [0.2, 0.25) is 0 Å². The van der Waals surface area contributed by atoms with Crippen LogP contribution in [0.5, 0.6) is 0 Å². The van der Waals surface area contributed by atoms with E-state index in [-0.39, 0.29) is 11.8 Å². The fourth-order valence-electron chi connectivity index (χ4n) is 3.92. The van der Waals surface area contributed by atoms with Crippen LogP contribution in [-0.2, 0) is 13.6 Å². The van der Waals surface area contributed by atoms with Crippen LogP contribution >= 0.6 is 11.3 Å². The molecule has 1 N–H and O–H groups in total. The number of amides is 1. The first kappa shape index (κ1) is 17.2. The second-order valence-corrected chi connectivity index (χ2v) is 8.19. The predicted molar refractivity (Wildman–Crippen MR) is 106 cm³/mol. The van der Waals surface area contributed by atoms with Crippen LogP contribution in [-0.4, -0.2) is 53.2 Å². The maximum Gasteiger partial charge on any atom is 0.270 e. The van der Waals surface area contributed by atoms with Gasteiger partial charge in [0.15, 0.2) is 5.82 Å². The van der Waals surface area contributed by atoms with Crippen molar-refractivity contribution in [1.82, 2.24) is 34.2 Å². The summed E-state index contributed by atoms with van der Waals surface area (Å²) in [5, 5.41) is 10.8. The predicted octanol–water partition coefficient (Wildman–Crippen LogP) is 2.62. The van der Waals surface area contributed by atoms with Crippen molar-refractivity contribution in [1.29, 1.82) is 0 Å². The molecule has 1 fully saturated rings. The normalized spacial score (nSPS) is 17.5. The highest BCUT2D eigenvalue weighted by Gasteiger charge is 2.29. The number of rotatable bonds is 4. The van der Waals surface area contributed by atoms with Gasteiger partial charge in [-0.3, -0.25) is 4.79 Å². The molecule has 1 aliphatic rings. The lowest BCUT2D eigenvalue weighted by Crippen LogP contribution is -2.39. The standard InChI is InChI=1S/C19H21N7OS/c1-24-17(11-25-7-5-20-12-25)22-23-18(24)13-3-2-6-26(10-13)19(27)15-9-16-14(21-15)4-8-28-16/h4-5,7-9,12-13,21H,2-3,6,10-11H2,1H3/t13-/m0/s1. The van der Waals surface area contributed by atoms with E-state index in [1.54, 1.807) is 23.9 Å². The highest BCUT2D eigenvalue weighted by Crippen LogP contribution is 2.28. The highest BCUT2D eigenvalue weighted by molar-refractivity contribution is 7.17. The second kappa shape index (κ2) is 6.90. The van der Waals surface area contributed by atoms with Crippen LogP contribution < -0.4 is 0 Å². The van der Waals surface area contributed by atoms with Crippen LogP contribution in [0.1, 0.15) is 40.9 Å². The van der Waals surface area contributed by atoms with E-state index in [9.17, 15) is 4.79 Å². The van der Waals surface area contributed by atoms with Gasteiger partial charge in [0.05, 0.1) is 23.1 Å². The number of imidazole rings is 1. The first-order valence-corrected chi connectivity index (χ1v) is 10.3. The number of fused-ring (bicyclic) bond motifs is 1. The molecule has 1 atom stereocenters. The second-order valence-electron chi connectivity index (χ2n) is 7.24. The summed E-state index contributed by atoms with van der Waals surface area (Å²) in [4.78, 5) is 22.2. The lowest BCUT2D eigenvalue weighted by atomic mass is 9.97. The van der Waals surface area contributed by atoms with Gasteiger partial charge in [-0.15, -0.1) is 21.5 Å². The smallest absolute Gasteiger partial charge is 0.270 e. The number of thiophene rings is 1. The van der Waals surface area contributed by atoms with E-state index in [0.29, 0.717) is 18.8 Å². The number of piperidine rings is 1. The van der Waals surface area contributed by atoms with Crippen LogP contribution in [0.3, 0.4) is 0 Å². The third kappa shape index (κ3) is 3.01.